The zero-order valence-corrected chi connectivity index (χ0v) is 20.2. The Bertz CT molecular complexity index is 1340. The average molecular weight is 524 g/mol. The molecule has 1 N–H and O–H groups in total. The van der Waals surface area contributed by atoms with E-state index in [1.807, 2.05) is 13.0 Å². The lowest BCUT2D eigenvalue weighted by Gasteiger charge is -2.28. The van der Waals surface area contributed by atoms with Crippen molar-refractivity contribution in [3.63, 3.8) is 0 Å². The van der Waals surface area contributed by atoms with Crippen LogP contribution in [0, 0.1) is 0 Å². The third kappa shape index (κ3) is 5.43. The predicted molar refractivity (Wildman–Crippen MR) is 127 cm³/mol. The molecule has 1 aliphatic rings. The molecule has 0 aliphatic heterocycles. The summed E-state index contributed by atoms with van der Waals surface area (Å²) in [6.07, 6.45) is 2.67. The minimum atomic E-state index is -4.39. The second-order valence-electron chi connectivity index (χ2n) is 8.16. The van der Waals surface area contributed by atoms with E-state index in [-0.39, 0.29) is 6.61 Å². The quantitative estimate of drug-likeness (QED) is 0.340. The number of thiazole rings is 1. The second-order valence-corrected chi connectivity index (χ2v) is 9.65. The topological polar surface area (TPSA) is 81.0 Å². The van der Waals surface area contributed by atoms with E-state index >= 15 is 0 Å². The number of nitrogens with one attached hydrogen (secondary N) is 1. The predicted octanol–water partition coefficient (Wildman–Crippen LogP) is 6.51. The molecule has 2 aromatic heterocycles. The van der Waals surface area contributed by atoms with Crippen molar-refractivity contribution in [2.24, 2.45) is 0 Å². The van der Waals surface area contributed by atoms with Gasteiger partial charge in [0.25, 0.3) is 0 Å². The number of hydrogen-bond acceptors (Lipinski definition) is 6. The number of aromatic nitrogens is 3. The fraction of sp³-hybridized carbons (Fsp3) is 0.292. The Morgan fingerprint density at radius 2 is 2.09 bits per heavy atom. The number of aryl methyl sites for hydroxylation is 1. The van der Waals surface area contributed by atoms with E-state index in [0.29, 0.717) is 46.4 Å². The van der Waals surface area contributed by atoms with Gasteiger partial charge in [0.15, 0.2) is 5.82 Å². The molecule has 0 amide bonds. The van der Waals surface area contributed by atoms with Crippen LogP contribution in [-0.2, 0) is 29.4 Å². The molecule has 3 aromatic rings. The van der Waals surface area contributed by atoms with Gasteiger partial charge >= 0.3 is 11.9 Å². The first kappa shape index (κ1) is 25.0. The molecule has 0 radical (unpaired) electrons. The number of rotatable bonds is 8. The van der Waals surface area contributed by atoms with Crippen molar-refractivity contribution < 1.29 is 22.4 Å². The Labute approximate surface area is 207 Å². The van der Waals surface area contributed by atoms with Gasteiger partial charge in [-0.05, 0) is 50.5 Å². The van der Waals surface area contributed by atoms with Gasteiger partial charge in [-0.1, -0.05) is 35.0 Å². The molecule has 0 spiro atoms. The number of alkyl halides is 3. The number of ether oxygens (including phenoxy) is 1. The maximum atomic E-state index is 12.9. The summed E-state index contributed by atoms with van der Waals surface area (Å²) < 4.78 is 49.3. The van der Waals surface area contributed by atoms with E-state index in [2.05, 4.69) is 26.2 Å². The zero-order chi connectivity index (χ0) is 25.2. The molecule has 0 saturated heterocycles. The molecule has 11 heteroatoms. The van der Waals surface area contributed by atoms with E-state index < -0.39 is 22.9 Å². The molecule has 1 atom stereocenters. The lowest BCUT2D eigenvalue weighted by atomic mass is 9.82. The molecule has 0 bridgehead atoms. The number of aromatic amines is 1. The average Bonchev–Trinajstić information content (AvgIpc) is 3.44. The summed E-state index contributed by atoms with van der Waals surface area (Å²) in [7, 11) is 0. The first-order valence-electron chi connectivity index (χ1n) is 10.6. The molecule has 4 rings (SSSR count). The molecule has 184 valence electrons. The van der Waals surface area contributed by atoms with E-state index in [0.717, 1.165) is 22.7 Å². The van der Waals surface area contributed by atoms with Gasteiger partial charge in [-0.25, -0.2) is 9.78 Å². The summed E-state index contributed by atoms with van der Waals surface area (Å²) in [4.78, 5) is 19.4. The summed E-state index contributed by atoms with van der Waals surface area (Å²) in [6, 6.07) is 4.94. The molecule has 0 fully saturated rings. The summed E-state index contributed by atoms with van der Waals surface area (Å²) in [6.45, 7) is 5.79. The minimum absolute atomic E-state index is 0.217. The number of nitrogens with zero attached hydrogens (tertiary/aromatic N) is 2. The van der Waals surface area contributed by atoms with Gasteiger partial charge < -0.3 is 4.74 Å². The normalized spacial score (nSPS) is 18.2. The summed E-state index contributed by atoms with van der Waals surface area (Å²) in [5.74, 6) is 0.227. The summed E-state index contributed by atoms with van der Waals surface area (Å²) in [5, 5.41) is 4.80. The Hall–Kier alpha value is -3.11. The second kappa shape index (κ2) is 9.87. The van der Waals surface area contributed by atoms with Gasteiger partial charge in [0, 0.05) is 10.6 Å². The molecule has 35 heavy (non-hydrogen) atoms. The lowest BCUT2D eigenvalue weighted by molar-refractivity contribution is -0.137. The molecule has 1 aliphatic carbocycles. The van der Waals surface area contributed by atoms with Crippen molar-refractivity contribution in [2.45, 2.75) is 44.4 Å². The van der Waals surface area contributed by atoms with Crippen LogP contribution < -0.4 is 5.76 Å². The highest BCUT2D eigenvalue weighted by molar-refractivity contribution is 7.15. The van der Waals surface area contributed by atoms with Crippen LogP contribution in [0.3, 0.4) is 0 Å². The van der Waals surface area contributed by atoms with Crippen LogP contribution in [0.15, 0.2) is 69.2 Å². The summed E-state index contributed by atoms with van der Waals surface area (Å²) >= 11 is 7.88. The third-order valence-corrected chi connectivity index (χ3v) is 7.31. The Morgan fingerprint density at radius 1 is 1.34 bits per heavy atom. The SMILES string of the molecule is C=CCCc1nc(-c2ccc(C(F)(F)F)cc2)sc1COC1=CCC(C)(c2noc(=O)[nH]2)C(Cl)=C1. The molecule has 2 heterocycles. The smallest absolute Gasteiger partial charge is 0.438 e. The highest BCUT2D eigenvalue weighted by atomic mass is 35.5. The maximum Gasteiger partial charge on any atom is 0.438 e. The zero-order valence-electron chi connectivity index (χ0n) is 18.6. The Balaban J connectivity index is 1.51. The Kier molecular flexibility index (Phi) is 7.05. The standard InChI is InChI=1S/C24H21ClF3N3O3S/c1-3-4-5-17-18(35-20(29-17)14-6-8-15(9-7-14)24(26,27)28)13-33-16-10-11-23(2,19(25)12-16)21-30-22(32)34-31-21/h3,6-10,12H,1,4-5,11,13H2,2H3,(H,30,31,32). The van der Waals surface area contributed by atoms with Crippen LogP contribution >= 0.6 is 22.9 Å². The third-order valence-electron chi connectivity index (χ3n) is 5.66. The van der Waals surface area contributed by atoms with E-state index in [1.54, 1.807) is 12.2 Å². The van der Waals surface area contributed by atoms with E-state index in [9.17, 15) is 18.0 Å². The highest BCUT2D eigenvalue weighted by Gasteiger charge is 2.36. The van der Waals surface area contributed by atoms with Crippen LogP contribution in [0.5, 0.6) is 0 Å². The summed E-state index contributed by atoms with van der Waals surface area (Å²) in [5.41, 5.74) is -0.0360. The van der Waals surface area contributed by atoms with Crippen LogP contribution in [0.1, 0.15) is 41.7 Å². The fourth-order valence-electron chi connectivity index (χ4n) is 3.53. The van der Waals surface area contributed by atoms with Crippen LogP contribution in [-0.4, -0.2) is 15.1 Å². The molecule has 0 saturated carbocycles. The first-order chi connectivity index (χ1) is 16.6. The largest absolute Gasteiger partial charge is 0.488 e. The van der Waals surface area contributed by atoms with E-state index in [1.165, 1.54) is 23.5 Å². The lowest BCUT2D eigenvalue weighted by Crippen LogP contribution is -2.26. The monoisotopic (exact) mass is 523 g/mol. The van der Waals surface area contributed by atoms with Crippen LogP contribution in [0.25, 0.3) is 10.6 Å². The molecule has 1 aromatic carbocycles. The number of hydrogen-bond donors (Lipinski definition) is 1. The number of halogens is 4. The molecule has 6 nitrogen and oxygen atoms in total. The van der Waals surface area contributed by atoms with Crippen molar-refractivity contribution in [1.82, 2.24) is 15.1 Å². The number of benzene rings is 1. The minimum Gasteiger partial charge on any atom is -0.488 e. The van der Waals surface area contributed by atoms with E-state index in [4.69, 9.17) is 16.3 Å². The molecular weight excluding hydrogens is 503 g/mol. The van der Waals surface area contributed by atoms with Gasteiger partial charge in [0.05, 0.1) is 21.5 Å². The first-order valence-corrected chi connectivity index (χ1v) is 11.8. The maximum absolute atomic E-state index is 12.9. The van der Waals surface area contributed by atoms with Gasteiger partial charge in [-0.3, -0.25) is 9.51 Å². The van der Waals surface area contributed by atoms with Gasteiger partial charge in [-0.2, -0.15) is 13.2 Å². The number of allylic oxidation sites excluding steroid dienone is 4. The number of H-pyrrole nitrogens is 1. The van der Waals surface area contributed by atoms with Gasteiger partial charge in [-0.15, -0.1) is 17.9 Å². The van der Waals surface area contributed by atoms with Crippen LogP contribution in [0.2, 0.25) is 0 Å². The molecular formula is C24H21ClF3N3O3S. The molecule has 1 unspecified atom stereocenters. The van der Waals surface area contributed by atoms with Gasteiger partial charge in [0.2, 0.25) is 0 Å². The van der Waals surface area contributed by atoms with Crippen molar-refractivity contribution in [3.8, 4) is 10.6 Å². The highest BCUT2D eigenvalue weighted by Crippen LogP contribution is 2.40. The van der Waals surface area contributed by atoms with Crippen molar-refractivity contribution in [2.75, 3.05) is 0 Å². The van der Waals surface area contributed by atoms with Crippen LogP contribution in [0.4, 0.5) is 13.2 Å². The van der Waals surface area contributed by atoms with Gasteiger partial charge in [0.1, 0.15) is 17.4 Å². The fourth-order valence-corrected chi connectivity index (χ4v) is 4.83. The van der Waals surface area contributed by atoms with Crippen molar-refractivity contribution in [3.05, 3.63) is 92.4 Å². The van der Waals surface area contributed by atoms with Crippen molar-refractivity contribution in [1.29, 1.82) is 0 Å². The van der Waals surface area contributed by atoms with Crippen molar-refractivity contribution >= 4 is 22.9 Å². The Morgan fingerprint density at radius 3 is 2.69 bits per heavy atom.